The van der Waals surface area contributed by atoms with Crippen LogP contribution in [-0.2, 0) is 16.3 Å². The lowest BCUT2D eigenvalue weighted by Crippen LogP contribution is -2.34. The highest BCUT2D eigenvalue weighted by Gasteiger charge is 2.68. The zero-order valence-electron chi connectivity index (χ0n) is 12.0. The fourth-order valence-electron chi connectivity index (χ4n) is 2.85. The molecule has 23 heavy (non-hydrogen) atoms. The molecule has 0 spiro atoms. The van der Waals surface area contributed by atoms with Crippen LogP contribution in [0.2, 0.25) is 0 Å². The molecule has 1 saturated heterocycles. The van der Waals surface area contributed by atoms with Crippen molar-refractivity contribution in [1.29, 1.82) is 0 Å². The van der Waals surface area contributed by atoms with E-state index in [9.17, 15) is 17.6 Å². The van der Waals surface area contributed by atoms with Crippen LogP contribution in [0.1, 0.15) is 35.6 Å². The topological polar surface area (TPSA) is 25.4 Å². The van der Waals surface area contributed by atoms with Gasteiger partial charge in [-0.25, -0.2) is 8.78 Å². The van der Waals surface area contributed by atoms with Crippen LogP contribution in [0, 0.1) is 11.6 Å². The second-order valence-corrected chi connectivity index (χ2v) is 6.07. The molecule has 2 fully saturated rings. The minimum Gasteiger partial charge on any atom is -0.357 e. The van der Waals surface area contributed by atoms with E-state index in [4.69, 9.17) is 4.74 Å². The van der Waals surface area contributed by atoms with E-state index in [2.05, 4.69) is 4.98 Å². The number of rotatable bonds is 4. The Hall–Kier alpha value is -1.95. The number of alkyl halides is 2. The summed E-state index contributed by atoms with van der Waals surface area (Å²) >= 11 is 0. The number of aromatic nitrogens is 1. The number of pyridine rings is 1. The average Bonchev–Trinajstić information content (AvgIpc) is 3.39. The maximum absolute atomic E-state index is 14.9. The molecule has 1 saturated carbocycles. The molecule has 1 aliphatic heterocycles. The van der Waals surface area contributed by atoms with Crippen LogP contribution in [0.3, 0.4) is 0 Å². The number of epoxide rings is 1. The zero-order chi connectivity index (χ0) is 16.2. The van der Waals surface area contributed by atoms with Crippen LogP contribution in [0.4, 0.5) is 17.6 Å². The van der Waals surface area contributed by atoms with E-state index in [0.29, 0.717) is 12.0 Å². The van der Waals surface area contributed by atoms with Gasteiger partial charge < -0.3 is 4.74 Å². The summed E-state index contributed by atoms with van der Waals surface area (Å²) in [4.78, 5) is 3.86. The molecule has 1 atom stereocenters. The van der Waals surface area contributed by atoms with Crippen molar-refractivity contribution in [2.45, 2.75) is 30.3 Å². The number of halogens is 4. The summed E-state index contributed by atoms with van der Waals surface area (Å²) < 4.78 is 61.6. The molecule has 2 heterocycles. The molecular weight excluding hydrogens is 310 g/mol. The maximum atomic E-state index is 14.9. The molecule has 0 radical (unpaired) electrons. The Bertz CT molecular complexity index is 752. The van der Waals surface area contributed by atoms with Gasteiger partial charge in [0.1, 0.15) is 17.3 Å². The van der Waals surface area contributed by atoms with E-state index in [1.807, 2.05) is 0 Å². The molecule has 1 unspecified atom stereocenters. The lowest BCUT2D eigenvalue weighted by Gasteiger charge is -2.24. The van der Waals surface area contributed by atoms with Gasteiger partial charge in [-0.1, -0.05) is 6.07 Å². The van der Waals surface area contributed by atoms with Crippen LogP contribution < -0.4 is 0 Å². The van der Waals surface area contributed by atoms with E-state index < -0.39 is 28.9 Å². The first-order valence-corrected chi connectivity index (χ1v) is 7.38. The van der Waals surface area contributed by atoms with Crippen LogP contribution >= 0.6 is 0 Å². The quantitative estimate of drug-likeness (QED) is 0.621. The number of ether oxygens (including phenoxy) is 1. The summed E-state index contributed by atoms with van der Waals surface area (Å²) in [5, 5.41) is 0. The third kappa shape index (κ3) is 2.24. The lowest BCUT2D eigenvalue weighted by molar-refractivity contribution is -0.0901. The zero-order valence-corrected chi connectivity index (χ0v) is 12.0. The monoisotopic (exact) mass is 323 g/mol. The molecule has 1 aromatic heterocycles. The Morgan fingerprint density at radius 2 is 1.87 bits per heavy atom. The summed E-state index contributed by atoms with van der Waals surface area (Å²) in [6.07, 6.45) is 3.54. The van der Waals surface area contributed by atoms with Crippen molar-refractivity contribution in [1.82, 2.24) is 4.98 Å². The predicted octanol–water partition coefficient (Wildman–Crippen LogP) is 4.25. The van der Waals surface area contributed by atoms with Gasteiger partial charge in [0.05, 0.1) is 6.61 Å². The molecule has 2 aromatic rings. The van der Waals surface area contributed by atoms with Gasteiger partial charge in [-0.15, -0.1) is 0 Å². The highest BCUT2D eigenvalue weighted by atomic mass is 19.3. The molecule has 4 rings (SSSR count). The van der Waals surface area contributed by atoms with Crippen molar-refractivity contribution in [2.75, 3.05) is 6.61 Å². The molecule has 0 bridgehead atoms. The molecule has 0 amide bonds. The number of benzene rings is 1. The third-order valence-corrected chi connectivity index (χ3v) is 4.46. The summed E-state index contributed by atoms with van der Waals surface area (Å²) in [6, 6.07) is 5.42. The molecule has 6 heteroatoms. The largest absolute Gasteiger partial charge is 0.357 e. The minimum absolute atomic E-state index is 0.339. The van der Waals surface area contributed by atoms with Gasteiger partial charge >= 0.3 is 5.92 Å². The van der Waals surface area contributed by atoms with Gasteiger partial charge in [0.25, 0.3) is 0 Å². The SMILES string of the molecule is Fc1ccc(C2(C(F)(F)c3ccc(C4CC4)cn3)CO2)c(F)c1. The highest BCUT2D eigenvalue weighted by molar-refractivity contribution is 5.36. The lowest BCUT2D eigenvalue weighted by atomic mass is 9.90. The van der Waals surface area contributed by atoms with E-state index >= 15 is 0 Å². The minimum atomic E-state index is -3.51. The molecular formula is C17H13F4NO. The maximum Gasteiger partial charge on any atom is 0.324 e. The predicted molar refractivity (Wildman–Crippen MR) is 74.1 cm³/mol. The van der Waals surface area contributed by atoms with Crippen molar-refractivity contribution in [2.24, 2.45) is 0 Å². The Balaban J connectivity index is 1.71. The van der Waals surface area contributed by atoms with E-state index in [-0.39, 0.29) is 12.2 Å². The third-order valence-electron chi connectivity index (χ3n) is 4.46. The van der Waals surface area contributed by atoms with Crippen LogP contribution in [0.5, 0.6) is 0 Å². The van der Waals surface area contributed by atoms with Crippen molar-refractivity contribution < 1.29 is 22.3 Å². The normalized spacial score (nSPS) is 23.8. The molecule has 1 aromatic carbocycles. The second kappa shape index (κ2) is 4.77. The molecule has 0 N–H and O–H groups in total. The van der Waals surface area contributed by atoms with Crippen molar-refractivity contribution in [3.63, 3.8) is 0 Å². The summed E-state index contributed by atoms with van der Waals surface area (Å²) in [5.74, 6) is -4.96. The van der Waals surface area contributed by atoms with Gasteiger partial charge in [-0.3, -0.25) is 4.98 Å². The Morgan fingerprint density at radius 3 is 2.39 bits per heavy atom. The number of nitrogens with zero attached hydrogens (tertiary/aromatic N) is 1. The fourth-order valence-corrected chi connectivity index (χ4v) is 2.85. The Morgan fingerprint density at radius 1 is 1.13 bits per heavy atom. The smallest absolute Gasteiger partial charge is 0.324 e. The van der Waals surface area contributed by atoms with Crippen molar-refractivity contribution >= 4 is 0 Å². The van der Waals surface area contributed by atoms with Crippen molar-refractivity contribution in [3.8, 4) is 0 Å². The first-order chi connectivity index (χ1) is 10.9. The van der Waals surface area contributed by atoms with E-state index in [1.54, 1.807) is 6.07 Å². The highest BCUT2D eigenvalue weighted by Crippen LogP contribution is 2.56. The van der Waals surface area contributed by atoms with Crippen LogP contribution in [-0.4, -0.2) is 11.6 Å². The van der Waals surface area contributed by atoms with E-state index in [0.717, 1.165) is 30.5 Å². The van der Waals surface area contributed by atoms with Gasteiger partial charge in [0.15, 0.2) is 5.60 Å². The van der Waals surface area contributed by atoms with Gasteiger partial charge in [-0.2, -0.15) is 8.78 Å². The molecule has 2 aliphatic rings. The average molecular weight is 323 g/mol. The van der Waals surface area contributed by atoms with Gasteiger partial charge in [0, 0.05) is 17.8 Å². The van der Waals surface area contributed by atoms with Crippen LogP contribution in [0.25, 0.3) is 0 Å². The molecule has 120 valence electrons. The summed E-state index contributed by atoms with van der Waals surface area (Å²) in [7, 11) is 0. The first-order valence-electron chi connectivity index (χ1n) is 7.38. The number of hydrogen-bond donors (Lipinski definition) is 0. The Labute approximate surface area is 130 Å². The van der Waals surface area contributed by atoms with Crippen LogP contribution in [0.15, 0.2) is 36.5 Å². The molecule has 2 nitrogen and oxygen atoms in total. The standard InChI is InChI=1S/C17H13F4NO/c18-12-4-5-13(14(19)7-12)16(9-23-16)17(20,21)15-6-3-11(8-22-15)10-1-2-10/h3-8,10H,1-2,9H2. The van der Waals surface area contributed by atoms with Gasteiger partial charge in [-0.05, 0) is 42.5 Å². The molecule has 1 aliphatic carbocycles. The number of hydrogen-bond acceptors (Lipinski definition) is 2. The van der Waals surface area contributed by atoms with E-state index in [1.165, 1.54) is 12.3 Å². The van der Waals surface area contributed by atoms with Gasteiger partial charge in [0.2, 0.25) is 0 Å². The first kappa shape index (κ1) is 14.6. The summed E-state index contributed by atoms with van der Waals surface area (Å²) in [5.41, 5.74) is -2.00. The Kier molecular flexibility index (Phi) is 3.04. The van der Waals surface area contributed by atoms with Crippen molar-refractivity contribution in [3.05, 3.63) is 65.0 Å². The second-order valence-electron chi connectivity index (χ2n) is 6.07. The summed E-state index contributed by atoms with van der Waals surface area (Å²) in [6.45, 7) is -0.339. The fraction of sp³-hybridized carbons (Fsp3) is 0.353.